The molecule has 0 unspecified atom stereocenters. The van der Waals surface area contributed by atoms with Gasteiger partial charge in [-0.05, 0) is 142 Å². The van der Waals surface area contributed by atoms with Crippen molar-refractivity contribution in [3.8, 4) is 0 Å². The third kappa shape index (κ3) is 10.6. The summed E-state index contributed by atoms with van der Waals surface area (Å²) in [4.78, 5) is 52.4. The van der Waals surface area contributed by atoms with Crippen molar-refractivity contribution in [3.05, 3.63) is 138 Å². The first-order valence-electron chi connectivity index (χ1n) is 16.3. The van der Waals surface area contributed by atoms with Gasteiger partial charge in [-0.15, -0.1) is 0 Å². The predicted molar refractivity (Wildman–Crippen MR) is 204 cm³/mol. The lowest BCUT2D eigenvalue weighted by molar-refractivity contribution is 0.0635. The van der Waals surface area contributed by atoms with Crippen LogP contribution in [-0.2, 0) is 4.74 Å². The van der Waals surface area contributed by atoms with Gasteiger partial charge in [-0.2, -0.15) is 10.2 Å². The Morgan fingerprint density at radius 3 is 1.13 bits per heavy atom. The molecule has 4 N–H and O–H groups in total. The Labute approximate surface area is 301 Å². The van der Waals surface area contributed by atoms with Crippen molar-refractivity contribution in [2.75, 3.05) is 40.3 Å². The standard InChI is InChI=1S/C40H39N7O5/c1-40(2,3)52-39(51)44-32-14-8-27(9-15-32)36(48)41-29-12-6-26(7-13-29)37(49)42-30-18-20-31(21-19-30)43-38(50)28-10-16-33(17-11-28)45-46-34-22-24-35(25-23-34)47(4)5/h6-25H,1-5H3,(H,41,48)(H,42,49)(H,43,50)(H,44,51). The number of benzene rings is 5. The van der Waals surface area contributed by atoms with Gasteiger partial charge < -0.3 is 25.6 Å². The Kier molecular flexibility index (Phi) is 11.4. The molecule has 5 aromatic carbocycles. The summed E-state index contributed by atoms with van der Waals surface area (Å²) < 4.78 is 5.23. The fourth-order valence-electron chi connectivity index (χ4n) is 4.69. The maximum Gasteiger partial charge on any atom is 0.412 e. The Morgan fingerprint density at radius 1 is 0.481 bits per heavy atom. The summed E-state index contributed by atoms with van der Waals surface area (Å²) in [7, 11) is 3.94. The average molecular weight is 698 g/mol. The van der Waals surface area contributed by atoms with Gasteiger partial charge in [0.05, 0.1) is 11.4 Å². The molecule has 5 aromatic rings. The van der Waals surface area contributed by atoms with Gasteiger partial charge in [-0.1, -0.05) is 0 Å². The van der Waals surface area contributed by atoms with Gasteiger partial charge >= 0.3 is 6.09 Å². The summed E-state index contributed by atoms with van der Waals surface area (Å²) >= 11 is 0. The van der Waals surface area contributed by atoms with Crippen molar-refractivity contribution in [1.29, 1.82) is 0 Å². The van der Waals surface area contributed by atoms with Crippen molar-refractivity contribution in [3.63, 3.8) is 0 Å². The highest BCUT2D eigenvalue weighted by Crippen LogP contribution is 2.23. The molecule has 5 rings (SSSR count). The highest BCUT2D eigenvalue weighted by molar-refractivity contribution is 6.07. The van der Waals surface area contributed by atoms with Gasteiger partial charge in [0.15, 0.2) is 0 Å². The van der Waals surface area contributed by atoms with E-state index in [1.165, 1.54) is 0 Å². The molecular weight excluding hydrogens is 658 g/mol. The Balaban J connectivity index is 1.08. The number of nitrogens with one attached hydrogen (secondary N) is 4. The van der Waals surface area contributed by atoms with E-state index in [1.54, 1.807) is 118 Å². The molecule has 0 aliphatic rings. The molecule has 0 radical (unpaired) electrons. The molecule has 0 spiro atoms. The smallest absolute Gasteiger partial charge is 0.412 e. The van der Waals surface area contributed by atoms with E-state index >= 15 is 0 Å². The second-order valence-electron chi connectivity index (χ2n) is 12.9. The molecule has 4 amide bonds. The molecule has 0 heterocycles. The SMILES string of the molecule is CN(C)c1ccc(N=Nc2ccc(C(=O)Nc3ccc(NC(=O)c4ccc(NC(=O)c5ccc(NC(=O)OC(C)(C)C)cc5)cc4)cc3)cc2)cc1. The lowest BCUT2D eigenvalue weighted by Crippen LogP contribution is -2.27. The minimum atomic E-state index is -0.626. The maximum atomic E-state index is 12.9. The number of carbonyl (C=O) groups is 4. The maximum absolute atomic E-state index is 12.9. The zero-order chi connectivity index (χ0) is 37.3. The van der Waals surface area contributed by atoms with Gasteiger partial charge in [-0.25, -0.2) is 4.79 Å². The number of anilines is 5. The molecule has 0 saturated heterocycles. The molecule has 0 aliphatic heterocycles. The first-order chi connectivity index (χ1) is 24.8. The van der Waals surface area contributed by atoms with Crippen LogP contribution in [0.3, 0.4) is 0 Å². The lowest BCUT2D eigenvalue weighted by atomic mass is 10.1. The van der Waals surface area contributed by atoms with Gasteiger partial charge in [0, 0.05) is 59.2 Å². The van der Waals surface area contributed by atoms with Crippen molar-refractivity contribution >= 4 is 63.6 Å². The number of hydrogen-bond acceptors (Lipinski definition) is 8. The monoisotopic (exact) mass is 697 g/mol. The summed E-state index contributed by atoms with van der Waals surface area (Å²) in [5.41, 5.74) is 5.10. The summed E-state index contributed by atoms with van der Waals surface area (Å²) in [6.45, 7) is 5.31. The van der Waals surface area contributed by atoms with Gasteiger partial charge in [0.1, 0.15) is 5.60 Å². The van der Waals surface area contributed by atoms with Crippen LogP contribution in [0.25, 0.3) is 0 Å². The number of carbonyl (C=O) groups excluding carboxylic acids is 4. The van der Waals surface area contributed by atoms with Crippen LogP contribution in [0.1, 0.15) is 51.8 Å². The fraction of sp³-hybridized carbons (Fsp3) is 0.150. The number of azo groups is 1. The molecule has 0 aromatic heterocycles. The lowest BCUT2D eigenvalue weighted by Gasteiger charge is -2.19. The minimum Gasteiger partial charge on any atom is -0.444 e. The normalized spacial score (nSPS) is 11.0. The predicted octanol–water partition coefficient (Wildman–Crippen LogP) is 9.27. The van der Waals surface area contributed by atoms with Crippen LogP contribution in [-0.4, -0.2) is 43.5 Å². The van der Waals surface area contributed by atoms with Crippen LogP contribution in [0.2, 0.25) is 0 Å². The zero-order valence-electron chi connectivity index (χ0n) is 29.4. The molecule has 12 heteroatoms. The molecule has 264 valence electrons. The van der Waals surface area contributed by atoms with Crippen molar-refractivity contribution in [2.45, 2.75) is 26.4 Å². The molecule has 0 saturated carbocycles. The molecule has 12 nitrogen and oxygen atoms in total. The van der Waals surface area contributed by atoms with E-state index < -0.39 is 11.7 Å². The number of amides is 4. The molecule has 0 aliphatic carbocycles. The summed E-state index contributed by atoms with van der Waals surface area (Å²) in [5.74, 6) is -0.987. The van der Waals surface area contributed by atoms with Gasteiger partial charge in [0.25, 0.3) is 17.7 Å². The Morgan fingerprint density at radius 2 is 0.788 bits per heavy atom. The van der Waals surface area contributed by atoms with E-state index in [0.717, 1.165) is 11.4 Å². The largest absolute Gasteiger partial charge is 0.444 e. The van der Waals surface area contributed by atoms with E-state index in [1.807, 2.05) is 43.3 Å². The van der Waals surface area contributed by atoms with Crippen LogP contribution in [0.4, 0.5) is 44.6 Å². The van der Waals surface area contributed by atoms with Gasteiger partial charge in [0.2, 0.25) is 0 Å². The Bertz CT molecular complexity index is 2050. The zero-order valence-corrected chi connectivity index (χ0v) is 29.4. The van der Waals surface area contributed by atoms with Gasteiger partial charge in [-0.3, -0.25) is 19.7 Å². The number of hydrogen-bond donors (Lipinski definition) is 4. The first-order valence-corrected chi connectivity index (χ1v) is 16.3. The molecule has 52 heavy (non-hydrogen) atoms. The number of rotatable bonds is 10. The quantitative estimate of drug-likeness (QED) is 0.107. The van der Waals surface area contributed by atoms with E-state index in [4.69, 9.17) is 4.74 Å². The molecule has 0 fully saturated rings. The average Bonchev–Trinajstić information content (AvgIpc) is 3.11. The highest BCUT2D eigenvalue weighted by Gasteiger charge is 2.16. The van der Waals surface area contributed by atoms with Crippen LogP contribution in [0.15, 0.2) is 132 Å². The minimum absolute atomic E-state index is 0.293. The van der Waals surface area contributed by atoms with E-state index in [2.05, 4.69) is 31.5 Å². The summed E-state index contributed by atoms with van der Waals surface area (Å²) in [6.07, 6.45) is -0.587. The van der Waals surface area contributed by atoms with Crippen LogP contribution in [0.5, 0.6) is 0 Å². The van der Waals surface area contributed by atoms with Crippen molar-refractivity contribution in [1.82, 2.24) is 0 Å². The van der Waals surface area contributed by atoms with Crippen molar-refractivity contribution < 1.29 is 23.9 Å². The second kappa shape index (κ2) is 16.3. The summed E-state index contributed by atoms with van der Waals surface area (Å²) in [6, 6.07) is 34.1. The molecule has 0 atom stereocenters. The number of ether oxygens (including phenoxy) is 1. The van der Waals surface area contributed by atoms with Crippen molar-refractivity contribution in [2.24, 2.45) is 10.2 Å². The van der Waals surface area contributed by atoms with Crippen LogP contribution < -0.4 is 26.2 Å². The molecule has 0 bridgehead atoms. The second-order valence-corrected chi connectivity index (χ2v) is 12.9. The first kappa shape index (κ1) is 36.5. The Hall–Kier alpha value is -6.82. The summed E-state index contributed by atoms with van der Waals surface area (Å²) in [5, 5.41) is 19.6. The van der Waals surface area contributed by atoms with E-state index in [-0.39, 0.29) is 17.7 Å². The topological polar surface area (TPSA) is 154 Å². The third-order valence-electron chi connectivity index (χ3n) is 7.37. The highest BCUT2D eigenvalue weighted by atomic mass is 16.6. The third-order valence-corrected chi connectivity index (χ3v) is 7.37. The molecular formula is C40H39N7O5. The number of nitrogens with zero attached hydrogens (tertiary/aromatic N) is 3. The fourth-order valence-corrected chi connectivity index (χ4v) is 4.69. The van der Waals surface area contributed by atoms with E-state index in [9.17, 15) is 19.2 Å². The van der Waals surface area contributed by atoms with Crippen LogP contribution in [0, 0.1) is 0 Å². The van der Waals surface area contributed by atoms with E-state index in [0.29, 0.717) is 45.1 Å². The van der Waals surface area contributed by atoms with Crippen LogP contribution >= 0.6 is 0 Å².